The lowest BCUT2D eigenvalue weighted by Gasteiger charge is -2.18. The van der Waals surface area contributed by atoms with Crippen LogP contribution in [-0.4, -0.2) is 4.57 Å². The molecule has 0 saturated heterocycles. The maximum absolute atomic E-state index is 6.63. The van der Waals surface area contributed by atoms with Crippen LogP contribution in [0, 0.1) is 6.92 Å². The van der Waals surface area contributed by atoms with Crippen molar-refractivity contribution < 1.29 is 0 Å². The van der Waals surface area contributed by atoms with E-state index in [1.165, 1.54) is 49.0 Å². The van der Waals surface area contributed by atoms with Gasteiger partial charge in [-0.2, -0.15) is 0 Å². The van der Waals surface area contributed by atoms with Crippen LogP contribution >= 0.6 is 0 Å². The van der Waals surface area contributed by atoms with Gasteiger partial charge in [0.15, 0.2) is 0 Å². The average molecular weight is 632 g/mol. The number of nitrogens with zero attached hydrogens (tertiary/aromatic N) is 1. The summed E-state index contributed by atoms with van der Waals surface area (Å²) in [4.78, 5) is 0. The molecule has 1 aromatic heterocycles. The molecule has 0 aliphatic carbocycles. The van der Waals surface area contributed by atoms with Crippen molar-refractivity contribution in [3.05, 3.63) is 180 Å². The second-order valence-electron chi connectivity index (χ2n) is 12.6. The summed E-state index contributed by atoms with van der Waals surface area (Å²) in [5.74, 6) is 0. The zero-order valence-electron chi connectivity index (χ0n) is 27.7. The molecule has 7 aromatic carbocycles. The van der Waals surface area contributed by atoms with E-state index in [4.69, 9.17) is 11.5 Å². The van der Waals surface area contributed by atoms with Crippen molar-refractivity contribution in [3.8, 4) is 27.9 Å². The van der Waals surface area contributed by atoms with E-state index < -0.39 is 0 Å². The molecule has 0 spiro atoms. The van der Waals surface area contributed by atoms with Gasteiger partial charge in [-0.15, -0.1) is 0 Å². The third kappa shape index (κ3) is 5.17. The molecule has 0 amide bonds. The van der Waals surface area contributed by atoms with Crippen LogP contribution in [0.15, 0.2) is 169 Å². The summed E-state index contributed by atoms with van der Waals surface area (Å²) in [5.41, 5.74) is 23.3. The second kappa shape index (κ2) is 12.4. The van der Waals surface area contributed by atoms with E-state index in [-0.39, 0.29) is 0 Å². The Morgan fingerprint density at radius 2 is 1.10 bits per heavy atom. The van der Waals surface area contributed by atoms with Crippen LogP contribution in [0.5, 0.6) is 0 Å². The Kier molecular flexibility index (Phi) is 7.58. The van der Waals surface area contributed by atoms with E-state index in [0.717, 1.165) is 33.4 Å². The van der Waals surface area contributed by atoms with Gasteiger partial charge in [0.05, 0.1) is 16.9 Å². The summed E-state index contributed by atoms with van der Waals surface area (Å²) in [7, 11) is 0. The molecule has 8 aromatic rings. The first-order valence-corrected chi connectivity index (χ1v) is 16.7. The SMILES string of the molecule is C\C=C/C=C(N)/C(N)=C/c1c(C)n(-c2ccccc2)c2ccc(-c3c4ccccc4c(-c4ccc5ccccc5c4)c4ccccc34)cc12. The number of benzene rings is 7. The molecular formula is C46H37N3. The molecule has 49 heavy (non-hydrogen) atoms. The average Bonchev–Trinajstić information content (AvgIpc) is 3.42. The zero-order chi connectivity index (χ0) is 33.5. The van der Waals surface area contributed by atoms with Crippen molar-refractivity contribution >= 4 is 49.3 Å². The van der Waals surface area contributed by atoms with Crippen molar-refractivity contribution in [2.75, 3.05) is 0 Å². The molecule has 0 fully saturated rings. The van der Waals surface area contributed by atoms with Gasteiger partial charge in [-0.25, -0.2) is 0 Å². The van der Waals surface area contributed by atoms with Crippen LogP contribution in [0.3, 0.4) is 0 Å². The summed E-state index contributed by atoms with van der Waals surface area (Å²) in [5, 5.41) is 8.50. The fraction of sp³-hybridized carbons (Fsp3) is 0.0435. The summed E-state index contributed by atoms with van der Waals surface area (Å²) >= 11 is 0. The molecule has 0 unspecified atom stereocenters. The monoisotopic (exact) mass is 631 g/mol. The van der Waals surface area contributed by atoms with Gasteiger partial charge in [-0.05, 0) is 111 Å². The molecule has 0 aliphatic heterocycles. The topological polar surface area (TPSA) is 57.0 Å². The Bertz CT molecular complexity index is 2580. The van der Waals surface area contributed by atoms with Crippen molar-refractivity contribution in [2.45, 2.75) is 13.8 Å². The van der Waals surface area contributed by atoms with Crippen molar-refractivity contribution in [1.82, 2.24) is 4.57 Å². The van der Waals surface area contributed by atoms with Crippen LogP contribution in [0.4, 0.5) is 0 Å². The fourth-order valence-electron chi connectivity index (χ4n) is 7.32. The maximum atomic E-state index is 6.63. The molecule has 4 N–H and O–H groups in total. The second-order valence-corrected chi connectivity index (χ2v) is 12.6. The number of hydrogen-bond donors (Lipinski definition) is 2. The smallest absolute Gasteiger partial charge is 0.0554 e. The third-order valence-electron chi connectivity index (χ3n) is 9.63. The van der Waals surface area contributed by atoms with Gasteiger partial charge < -0.3 is 16.0 Å². The summed E-state index contributed by atoms with van der Waals surface area (Å²) in [6.45, 7) is 4.12. The minimum atomic E-state index is 0.536. The molecule has 1 heterocycles. The van der Waals surface area contributed by atoms with E-state index in [1.54, 1.807) is 0 Å². The van der Waals surface area contributed by atoms with Gasteiger partial charge in [0.1, 0.15) is 0 Å². The van der Waals surface area contributed by atoms with Gasteiger partial charge in [0.2, 0.25) is 0 Å². The Hall–Kier alpha value is -6.32. The fourth-order valence-corrected chi connectivity index (χ4v) is 7.32. The van der Waals surface area contributed by atoms with E-state index in [9.17, 15) is 0 Å². The first-order valence-electron chi connectivity index (χ1n) is 16.7. The van der Waals surface area contributed by atoms with Crippen molar-refractivity contribution in [3.63, 3.8) is 0 Å². The molecule has 0 radical (unpaired) electrons. The van der Waals surface area contributed by atoms with Gasteiger partial charge in [-0.1, -0.05) is 121 Å². The van der Waals surface area contributed by atoms with Gasteiger partial charge in [-0.3, -0.25) is 0 Å². The van der Waals surface area contributed by atoms with Crippen LogP contribution in [-0.2, 0) is 0 Å². The van der Waals surface area contributed by atoms with Crippen LogP contribution in [0.25, 0.3) is 77.2 Å². The molecule has 0 bridgehead atoms. The van der Waals surface area contributed by atoms with E-state index in [1.807, 2.05) is 37.3 Å². The standard InChI is InChI=1S/C46H37N3/c1-3-4-22-42(47)43(48)29-40-30(2)49(35-16-6-5-7-17-35)44-26-25-34(28-41(40)44)46-38-20-12-10-18-36(38)45(37-19-11-13-21-39(37)46)33-24-23-31-14-8-9-15-32(31)27-33/h3-29H,47-48H2,1-2H3/b4-3-,42-22-,43-29-. The Morgan fingerprint density at radius 3 is 1.73 bits per heavy atom. The third-order valence-corrected chi connectivity index (χ3v) is 9.63. The predicted molar refractivity (Wildman–Crippen MR) is 211 cm³/mol. The lowest BCUT2D eigenvalue weighted by atomic mass is 9.85. The maximum Gasteiger partial charge on any atom is 0.0554 e. The minimum Gasteiger partial charge on any atom is -0.397 e. The molecule has 0 aliphatic rings. The minimum absolute atomic E-state index is 0.536. The number of allylic oxidation sites excluding steroid dienone is 3. The largest absolute Gasteiger partial charge is 0.397 e. The van der Waals surface area contributed by atoms with E-state index in [0.29, 0.717) is 11.4 Å². The molecule has 236 valence electrons. The Morgan fingerprint density at radius 1 is 0.551 bits per heavy atom. The van der Waals surface area contributed by atoms with Crippen LogP contribution in [0.2, 0.25) is 0 Å². The molecule has 3 heteroatoms. The summed E-state index contributed by atoms with van der Waals surface area (Å²) in [6.07, 6.45) is 7.72. The van der Waals surface area contributed by atoms with Crippen LogP contribution in [0.1, 0.15) is 18.2 Å². The lowest BCUT2D eigenvalue weighted by Crippen LogP contribution is -2.08. The van der Waals surface area contributed by atoms with Gasteiger partial charge >= 0.3 is 0 Å². The summed E-state index contributed by atoms with van der Waals surface area (Å²) < 4.78 is 2.31. The molecule has 0 atom stereocenters. The van der Waals surface area contributed by atoms with Crippen molar-refractivity contribution in [2.24, 2.45) is 11.5 Å². The number of hydrogen-bond acceptors (Lipinski definition) is 2. The lowest BCUT2D eigenvalue weighted by molar-refractivity contribution is 1.05. The number of rotatable bonds is 6. The van der Waals surface area contributed by atoms with Gasteiger partial charge in [0.25, 0.3) is 0 Å². The Balaban J connectivity index is 1.42. The molecule has 0 saturated carbocycles. The zero-order valence-corrected chi connectivity index (χ0v) is 27.7. The molecular weight excluding hydrogens is 595 g/mol. The predicted octanol–water partition coefficient (Wildman–Crippen LogP) is 11.5. The van der Waals surface area contributed by atoms with E-state index in [2.05, 4.69) is 145 Å². The van der Waals surface area contributed by atoms with E-state index >= 15 is 0 Å². The van der Waals surface area contributed by atoms with Gasteiger partial charge in [0, 0.05) is 22.3 Å². The summed E-state index contributed by atoms with van der Waals surface area (Å²) in [6, 6.07) is 50.4. The quantitative estimate of drug-likeness (QED) is 0.142. The first-order chi connectivity index (χ1) is 24.0. The molecule has 3 nitrogen and oxygen atoms in total. The highest BCUT2D eigenvalue weighted by Crippen LogP contribution is 2.45. The highest BCUT2D eigenvalue weighted by molar-refractivity contribution is 6.22. The highest BCUT2D eigenvalue weighted by atomic mass is 15.0. The number of para-hydroxylation sites is 1. The van der Waals surface area contributed by atoms with Crippen molar-refractivity contribution in [1.29, 1.82) is 0 Å². The number of fused-ring (bicyclic) bond motifs is 4. The molecule has 8 rings (SSSR count). The number of nitrogens with two attached hydrogens (primary N) is 2. The highest BCUT2D eigenvalue weighted by Gasteiger charge is 2.20. The first kappa shape index (κ1) is 30.0. The normalized spacial score (nSPS) is 12.6. The van der Waals surface area contributed by atoms with Crippen LogP contribution < -0.4 is 11.5 Å². The Labute approximate surface area is 286 Å². The number of aromatic nitrogens is 1.